The van der Waals surface area contributed by atoms with E-state index in [0.717, 1.165) is 6.42 Å². The summed E-state index contributed by atoms with van der Waals surface area (Å²) in [5.41, 5.74) is 1.84. The molecule has 0 aliphatic rings. The maximum atomic E-state index is 12.1. The van der Waals surface area contributed by atoms with Crippen LogP contribution in [-0.4, -0.2) is 24.8 Å². The van der Waals surface area contributed by atoms with Crippen molar-refractivity contribution in [1.29, 1.82) is 0 Å². The zero-order valence-electron chi connectivity index (χ0n) is 14.3. The molecule has 1 amide bonds. The van der Waals surface area contributed by atoms with Crippen molar-refractivity contribution < 1.29 is 14.3 Å². The van der Waals surface area contributed by atoms with E-state index in [2.05, 4.69) is 12.2 Å². The fraction of sp³-hybridized carbons (Fsp3) is 0.300. The maximum absolute atomic E-state index is 12.1. The zero-order chi connectivity index (χ0) is 18.1. The summed E-state index contributed by atoms with van der Waals surface area (Å²) in [4.78, 5) is 23.9. The van der Waals surface area contributed by atoms with Gasteiger partial charge in [0.1, 0.15) is 12.4 Å². The minimum absolute atomic E-state index is 0.0204. The molecule has 0 fully saturated rings. The molecule has 0 saturated heterocycles. The van der Waals surface area contributed by atoms with Crippen molar-refractivity contribution in [3.05, 3.63) is 64.7 Å². The van der Waals surface area contributed by atoms with Crippen LogP contribution in [0.15, 0.2) is 48.5 Å². The average molecular weight is 360 g/mol. The number of halogens is 1. The van der Waals surface area contributed by atoms with Crippen LogP contribution in [0.2, 0.25) is 5.02 Å². The molecule has 2 rings (SSSR count). The first-order valence-electron chi connectivity index (χ1n) is 8.35. The summed E-state index contributed by atoms with van der Waals surface area (Å²) in [6.45, 7) is 2.79. The van der Waals surface area contributed by atoms with Crippen LogP contribution in [0.4, 0.5) is 0 Å². The van der Waals surface area contributed by atoms with Crippen LogP contribution in [0.3, 0.4) is 0 Å². The smallest absolute Gasteiger partial charge is 0.220 e. The Morgan fingerprint density at radius 1 is 1.08 bits per heavy atom. The van der Waals surface area contributed by atoms with Gasteiger partial charge in [-0.1, -0.05) is 48.9 Å². The molecule has 0 aromatic heterocycles. The van der Waals surface area contributed by atoms with Gasteiger partial charge in [-0.15, -0.1) is 0 Å². The molecule has 0 aliphatic carbocycles. The molecule has 1 N–H and O–H groups in total. The molecule has 25 heavy (non-hydrogen) atoms. The van der Waals surface area contributed by atoms with Gasteiger partial charge in [-0.05, 0) is 30.2 Å². The lowest BCUT2D eigenvalue weighted by Gasteiger charge is -2.08. The molecule has 5 heteroatoms. The third-order valence-electron chi connectivity index (χ3n) is 3.75. The minimum atomic E-state index is -0.159. The van der Waals surface area contributed by atoms with E-state index in [4.69, 9.17) is 16.3 Å². The van der Waals surface area contributed by atoms with Crippen molar-refractivity contribution in [3.63, 3.8) is 0 Å². The Hall–Kier alpha value is -2.33. The number of carbonyl (C=O) groups is 2. The van der Waals surface area contributed by atoms with Crippen molar-refractivity contribution in [2.24, 2.45) is 0 Å². The molecule has 0 bridgehead atoms. The molecule has 0 spiro atoms. The number of Topliss-reactive ketones (excluding diaryl/α,β-unsaturated/α-hetero) is 1. The van der Waals surface area contributed by atoms with Gasteiger partial charge < -0.3 is 10.1 Å². The highest BCUT2D eigenvalue weighted by Gasteiger charge is 2.09. The molecule has 0 saturated carbocycles. The van der Waals surface area contributed by atoms with E-state index < -0.39 is 0 Å². The van der Waals surface area contributed by atoms with E-state index in [-0.39, 0.29) is 24.5 Å². The van der Waals surface area contributed by atoms with Gasteiger partial charge in [0.15, 0.2) is 5.78 Å². The highest BCUT2D eigenvalue weighted by Crippen LogP contribution is 2.16. The largest absolute Gasteiger partial charge is 0.492 e. The second-order valence-electron chi connectivity index (χ2n) is 5.63. The highest BCUT2D eigenvalue weighted by molar-refractivity contribution is 6.30. The number of ketones is 1. The first kappa shape index (κ1) is 19.0. The van der Waals surface area contributed by atoms with Crippen LogP contribution in [-0.2, 0) is 11.2 Å². The summed E-state index contributed by atoms with van der Waals surface area (Å²) < 4.78 is 5.49. The summed E-state index contributed by atoms with van der Waals surface area (Å²) in [6, 6.07) is 14.6. The molecule has 0 aliphatic heterocycles. The summed E-state index contributed by atoms with van der Waals surface area (Å²) in [7, 11) is 0. The van der Waals surface area contributed by atoms with Crippen LogP contribution in [0.25, 0.3) is 0 Å². The Labute approximate surface area is 153 Å². The van der Waals surface area contributed by atoms with Gasteiger partial charge >= 0.3 is 0 Å². The number of carbonyl (C=O) groups excluding carboxylic acids is 2. The molecule has 2 aromatic carbocycles. The number of nitrogens with one attached hydrogen (secondary N) is 1. The van der Waals surface area contributed by atoms with Gasteiger partial charge in [0.25, 0.3) is 0 Å². The average Bonchev–Trinajstić information content (AvgIpc) is 2.63. The van der Waals surface area contributed by atoms with Crippen molar-refractivity contribution in [1.82, 2.24) is 5.32 Å². The van der Waals surface area contributed by atoms with Crippen LogP contribution in [0, 0.1) is 0 Å². The van der Waals surface area contributed by atoms with E-state index in [0.29, 0.717) is 29.5 Å². The van der Waals surface area contributed by atoms with E-state index in [9.17, 15) is 9.59 Å². The first-order chi connectivity index (χ1) is 12.1. The van der Waals surface area contributed by atoms with Gasteiger partial charge in [-0.25, -0.2) is 0 Å². The van der Waals surface area contributed by atoms with Crippen LogP contribution in [0.1, 0.15) is 35.7 Å². The van der Waals surface area contributed by atoms with Gasteiger partial charge in [0, 0.05) is 23.4 Å². The SMILES string of the molecule is CCc1ccc(C(=O)CCC(=O)NCCOc2cccc(Cl)c2)cc1. The molecule has 132 valence electrons. The standard InChI is InChI=1S/C20H22ClNO3/c1-2-15-6-8-16(9-7-15)19(23)10-11-20(24)22-12-13-25-18-5-3-4-17(21)14-18/h3-9,14H,2,10-13H2,1H3,(H,22,24). The topological polar surface area (TPSA) is 55.4 Å². The number of rotatable bonds is 9. The minimum Gasteiger partial charge on any atom is -0.492 e. The molecule has 4 nitrogen and oxygen atoms in total. The Morgan fingerprint density at radius 3 is 2.52 bits per heavy atom. The third kappa shape index (κ3) is 6.59. The van der Waals surface area contributed by atoms with Gasteiger partial charge in [0.05, 0.1) is 6.54 Å². The van der Waals surface area contributed by atoms with Crippen molar-refractivity contribution >= 4 is 23.3 Å². The van der Waals surface area contributed by atoms with Gasteiger partial charge in [-0.2, -0.15) is 0 Å². The van der Waals surface area contributed by atoms with Crippen LogP contribution >= 0.6 is 11.6 Å². The lowest BCUT2D eigenvalue weighted by atomic mass is 10.0. The number of benzene rings is 2. The third-order valence-corrected chi connectivity index (χ3v) is 3.99. The predicted molar refractivity (Wildman–Crippen MR) is 99.3 cm³/mol. The number of ether oxygens (including phenoxy) is 1. The number of amides is 1. The molecule has 0 unspecified atom stereocenters. The molecule has 0 atom stereocenters. The lowest BCUT2D eigenvalue weighted by Crippen LogP contribution is -2.28. The molecule has 0 heterocycles. The van der Waals surface area contributed by atoms with E-state index in [1.165, 1.54) is 5.56 Å². The predicted octanol–water partition coefficient (Wildman–Crippen LogP) is 4.06. The zero-order valence-corrected chi connectivity index (χ0v) is 15.0. The first-order valence-corrected chi connectivity index (χ1v) is 8.73. The normalized spacial score (nSPS) is 10.3. The van der Waals surface area contributed by atoms with Crippen molar-refractivity contribution in [2.75, 3.05) is 13.2 Å². The van der Waals surface area contributed by atoms with Gasteiger partial charge in [0.2, 0.25) is 5.91 Å². The number of aryl methyl sites for hydroxylation is 1. The van der Waals surface area contributed by atoms with E-state index >= 15 is 0 Å². The van der Waals surface area contributed by atoms with E-state index in [1.54, 1.807) is 24.3 Å². The number of hydrogen-bond donors (Lipinski definition) is 1. The fourth-order valence-electron chi connectivity index (χ4n) is 2.30. The molecule has 2 aromatic rings. The summed E-state index contributed by atoms with van der Waals surface area (Å²) in [6.07, 6.45) is 1.31. The second-order valence-corrected chi connectivity index (χ2v) is 6.07. The summed E-state index contributed by atoms with van der Waals surface area (Å²) >= 11 is 5.86. The molecule has 0 radical (unpaired) electrons. The second kappa shape index (κ2) is 9.84. The van der Waals surface area contributed by atoms with Crippen molar-refractivity contribution in [2.45, 2.75) is 26.2 Å². The van der Waals surface area contributed by atoms with E-state index in [1.807, 2.05) is 24.3 Å². The lowest BCUT2D eigenvalue weighted by molar-refractivity contribution is -0.121. The Kier molecular flexibility index (Phi) is 7.48. The molecular formula is C20H22ClNO3. The fourth-order valence-corrected chi connectivity index (χ4v) is 2.48. The Balaban J connectivity index is 1.65. The summed E-state index contributed by atoms with van der Waals surface area (Å²) in [5.74, 6) is 0.480. The quantitative estimate of drug-likeness (QED) is 0.542. The molecular weight excluding hydrogens is 338 g/mol. The number of hydrogen-bond acceptors (Lipinski definition) is 3. The monoisotopic (exact) mass is 359 g/mol. The van der Waals surface area contributed by atoms with Gasteiger partial charge in [-0.3, -0.25) is 9.59 Å². The Morgan fingerprint density at radius 2 is 1.84 bits per heavy atom. The van der Waals surface area contributed by atoms with Crippen molar-refractivity contribution in [3.8, 4) is 5.75 Å². The Bertz CT molecular complexity index is 713. The van der Waals surface area contributed by atoms with Crippen LogP contribution in [0.5, 0.6) is 5.75 Å². The highest BCUT2D eigenvalue weighted by atomic mass is 35.5. The van der Waals surface area contributed by atoms with Crippen LogP contribution < -0.4 is 10.1 Å². The maximum Gasteiger partial charge on any atom is 0.220 e. The summed E-state index contributed by atoms with van der Waals surface area (Å²) in [5, 5.41) is 3.35.